The van der Waals surface area contributed by atoms with E-state index in [9.17, 15) is 8.78 Å². The number of nitrogens with zero attached hydrogens (tertiary/aromatic N) is 2. The number of nitrogens with two attached hydrogens (primary N) is 1. The third kappa shape index (κ3) is 2.17. The Bertz CT molecular complexity index is 554. The molecule has 1 unspecified atom stereocenters. The second kappa shape index (κ2) is 4.44. The third-order valence-electron chi connectivity index (χ3n) is 2.57. The van der Waals surface area contributed by atoms with Crippen LogP contribution in [0.1, 0.15) is 18.5 Å². The van der Waals surface area contributed by atoms with E-state index in [1.165, 1.54) is 23.0 Å². The molecule has 0 saturated heterocycles. The molecule has 0 radical (unpaired) electrons. The Morgan fingerprint density at radius 2 is 2.12 bits per heavy atom. The van der Waals surface area contributed by atoms with Gasteiger partial charge in [0.1, 0.15) is 17.5 Å². The van der Waals surface area contributed by atoms with Crippen LogP contribution in [0.25, 0.3) is 0 Å². The molecule has 0 amide bonds. The molecule has 2 N–H and O–H groups in total. The smallest absolute Gasteiger partial charge is 0.136 e. The summed E-state index contributed by atoms with van der Waals surface area (Å²) >= 11 is 3.22. The number of anilines is 1. The van der Waals surface area contributed by atoms with Gasteiger partial charge in [0.2, 0.25) is 0 Å². The monoisotopic (exact) mass is 301 g/mol. The summed E-state index contributed by atoms with van der Waals surface area (Å²) in [6.45, 7) is 1.74. The second-order valence-electron chi connectivity index (χ2n) is 3.66. The van der Waals surface area contributed by atoms with Crippen molar-refractivity contribution < 1.29 is 8.78 Å². The summed E-state index contributed by atoms with van der Waals surface area (Å²) in [4.78, 5) is 0. The summed E-state index contributed by atoms with van der Waals surface area (Å²) < 4.78 is 28.5. The summed E-state index contributed by atoms with van der Waals surface area (Å²) in [7, 11) is 0. The highest BCUT2D eigenvalue weighted by Gasteiger charge is 2.17. The molecule has 0 spiro atoms. The van der Waals surface area contributed by atoms with Crippen LogP contribution in [0.3, 0.4) is 0 Å². The number of hydrogen-bond donors (Lipinski definition) is 1. The molecular weight excluding hydrogens is 292 g/mol. The van der Waals surface area contributed by atoms with Crippen molar-refractivity contribution >= 4 is 21.7 Å². The van der Waals surface area contributed by atoms with E-state index < -0.39 is 17.7 Å². The van der Waals surface area contributed by atoms with E-state index in [-0.39, 0.29) is 0 Å². The molecule has 1 aromatic heterocycles. The van der Waals surface area contributed by atoms with Crippen LogP contribution < -0.4 is 5.73 Å². The van der Waals surface area contributed by atoms with Crippen LogP contribution in [0.5, 0.6) is 0 Å². The molecule has 6 heteroatoms. The first-order valence-electron chi connectivity index (χ1n) is 4.94. The van der Waals surface area contributed by atoms with Crippen molar-refractivity contribution in [2.75, 3.05) is 5.73 Å². The first-order chi connectivity index (χ1) is 8.00. The van der Waals surface area contributed by atoms with E-state index in [0.29, 0.717) is 15.9 Å². The second-order valence-corrected chi connectivity index (χ2v) is 4.52. The molecule has 0 fully saturated rings. The summed E-state index contributed by atoms with van der Waals surface area (Å²) in [5.74, 6) is -0.808. The fourth-order valence-electron chi connectivity index (χ4n) is 1.63. The highest BCUT2D eigenvalue weighted by Crippen LogP contribution is 2.27. The fraction of sp³-hybridized carbons (Fsp3) is 0.182. The average Bonchev–Trinajstić information content (AvgIpc) is 2.59. The van der Waals surface area contributed by atoms with Gasteiger partial charge in [-0.3, -0.25) is 0 Å². The molecule has 90 valence electrons. The Hall–Kier alpha value is -1.43. The molecular formula is C11H10BrF2N3. The Labute approximate surface area is 105 Å². The zero-order valence-electron chi connectivity index (χ0n) is 8.99. The summed E-state index contributed by atoms with van der Waals surface area (Å²) in [6, 6.07) is 3.05. The quantitative estimate of drug-likeness (QED) is 0.926. The van der Waals surface area contributed by atoms with Crippen molar-refractivity contribution in [1.29, 1.82) is 0 Å². The molecule has 0 saturated carbocycles. The van der Waals surface area contributed by atoms with Crippen molar-refractivity contribution in [3.8, 4) is 0 Å². The fourth-order valence-corrected chi connectivity index (χ4v) is 1.90. The third-order valence-corrected chi connectivity index (χ3v) is 3.18. The lowest BCUT2D eigenvalue weighted by molar-refractivity contribution is 0.516. The van der Waals surface area contributed by atoms with Crippen molar-refractivity contribution in [2.45, 2.75) is 13.0 Å². The lowest BCUT2D eigenvalue weighted by Gasteiger charge is -2.15. The first-order valence-corrected chi connectivity index (χ1v) is 5.73. The molecule has 2 rings (SSSR count). The molecule has 1 heterocycles. The number of aromatic nitrogens is 2. The van der Waals surface area contributed by atoms with Crippen LogP contribution in [0.4, 0.5) is 14.6 Å². The van der Waals surface area contributed by atoms with E-state index in [1.54, 1.807) is 6.92 Å². The maximum absolute atomic E-state index is 13.6. The lowest BCUT2D eigenvalue weighted by Crippen LogP contribution is -2.13. The number of halogens is 3. The normalized spacial score (nSPS) is 12.7. The molecule has 0 aliphatic carbocycles. The minimum atomic E-state index is -0.608. The molecule has 0 bridgehead atoms. The van der Waals surface area contributed by atoms with Gasteiger partial charge in [-0.1, -0.05) is 6.07 Å². The largest absolute Gasteiger partial charge is 0.383 e. The molecule has 3 nitrogen and oxygen atoms in total. The van der Waals surface area contributed by atoms with Gasteiger partial charge in [-0.15, -0.1) is 0 Å². The molecule has 1 atom stereocenters. The van der Waals surface area contributed by atoms with Crippen LogP contribution in [0.2, 0.25) is 0 Å². The highest BCUT2D eigenvalue weighted by molar-refractivity contribution is 9.10. The van der Waals surface area contributed by atoms with Crippen LogP contribution >= 0.6 is 15.9 Å². The standard InChI is InChI=1S/C11H10BrF2N3/c1-6(17-11(15)9(12)5-16-17)8-3-2-7(13)4-10(8)14/h2-6H,15H2,1H3. The number of nitrogen functional groups attached to an aromatic ring is 1. The Balaban J connectivity index is 2.43. The van der Waals surface area contributed by atoms with Crippen molar-refractivity contribution in [3.05, 3.63) is 46.1 Å². The predicted octanol–water partition coefficient (Wildman–Crippen LogP) is 3.12. The summed E-state index contributed by atoms with van der Waals surface area (Å²) in [5.41, 5.74) is 6.12. The SMILES string of the molecule is CC(c1ccc(F)cc1F)n1ncc(Br)c1N. The minimum absolute atomic E-state index is 0.341. The topological polar surface area (TPSA) is 43.8 Å². The zero-order chi connectivity index (χ0) is 12.6. The van der Waals surface area contributed by atoms with Crippen LogP contribution in [0.15, 0.2) is 28.9 Å². The molecule has 0 aliphatic rings. The van der Waals surface area contributed by atoms with E-state index in [0.717, 1.165) is 6.07 Å². The van der Waals surface area contributed by atoms with Crippen LogP contribution in [-0.2, 0) is 0 Å². The van der Waals surface area contributed by atoms with Crippen molar-refractivity contribution in [2.24, 2.45) is 0 Å². The number of rotatable bonds is 2. The van der Waals surface area contributed by atoms with Gasteiger partial charge in [-0.2, -0.15) is 5.10 Å². The van der Waals surface area contributed by atoms with E-state index in [2.05, 4.69) is 21.0 Å². The van der Waals surface area contributed by atoms with Crippen molar-refractivity contribution in [3.63, 3.8) is 0 Å². The van der Waals surface area contributed by atoms with Crippen molar-refractivity contribution in [1.82, 2.24) is 9.78 Å². The summed E-state index contributed by atoms with van der Waals surface area (Å²) in [5, 5.41) is 4.04. The molecule has 17 heavy (non-hydrogen) atoms. The van der Waals surface area contributed by atoms with Gasteiger partial charge in [0.15, 0.2) is 0 Å². The highest BCUT2D eigenvalue weighted by atomic mass is 79.9. The van der Waals surface area contributed by atoms with Gasteiger partial charge in [0.25, 0.3) is 0 Å². The number of hydrogen-bond acceptors (Lipinski definition) is 2. The first kappa shape index (κ1) is 12.0. The van der Waals surface area contributed by atoms with E-state index in [1.807, 2.05) is 0 Å². The van der Waals surface area contributed by atoms with Gasteiger partial charge < -0.3 is 5.73 Å². The van der Waals surface area contributed by atoms with Gasteiger partial charge in [-0.05, 0) is 28.9 Å². The number of benzene rings is 1. The average molecular weight is 302 g/mol. The van der Waals surface area contributed by atoms with Crippen LogP contribution in [0, 0.1) is 11.6 Å². The molecule has 0 aliphatic heterocycles. The van der Waals surface area contributed by atoms with E-state index >= 15 is 0 Å². The zero-order valence-corrected chi connectivity index (χ0v) is 10.6. The molecule has 1 aromatic carbocycles. The minimum Gasteiger partial charge on any atom is -0.383 e. The maximum Gasteiger partial charge on any atom is 0.136 e. The Morgan fingerprint density at radius 1 is 1.41 bits per heavy atom. The van der Waals surface area contributed by atoms with Crippen LogP contribution in [-0.4, -0.2) is 9.78 Å². The Kier molecular flexibility index (Phi) is 3.15. The molecule has 2 aromatic rings. The Morgan fingerprint density at radius 3 is 2.65 bits per heavy atom. The maximum atomic E-state index is 13.6. The predicted molar refractivity (Wildman–Crippen MR) is 64.5 cm³/mol. The van der Waals surface area contributed by atoms with Gasteiger partial charge in [0, 0.05) is 11.6 Å². The lowest BCUT2D eigenvalue weighted by atomic mass is 10.1. The summed E-state index contributed by atoms with van der Waals surface area (Å²) in [6.07, 6.45) is 1.53. The van der Waals surface area contributed by atoms with Gasteiger partial charge in [0.05, 0.1) is 16.7 Å². The van der Waals surface area contributed by atoms with Gasteiger partial charge >= 0.3 is 0 Å². The van der Waals surface area contributed by atoms with Gasteiger partial charge in [-0.25, -0.2) is 13.5 Å². The van der Waals surface area contributed by atoms with E-state index in [4.69, 9.17) is 5.73 Å².